The summed E-state index contributed by atoms with van der Waals surface area (Å²) in [6.07, 6.45) is 3.33. The van der Waals surface area contributed by atoms with Crippen LogP contribution in [0.2, 0.25) is 18.1 Å². The Hall–Kier alpha value is -3.22. The summed E-state index contributed by atoms with van der Waals surface area (Å²) in [4.78, 5) is 28.5. The first kappa shape index (κ1) is 36.6. The van der Waals surface area contributed by atoms with Crippen molar-refractivity contribution >= 4 is 47.6 Å². The van der Waals surface area contributed by atoms with E-state index in [4.69, 9.17) is 18.6 Å². The van der Waals surface area contributed by atoms with E-state index in [1.54, 1.807) is 7.11 Å². The van der Waals surface area contributed by atoms with E-state index in [1.807, 2.05) is 54.6 Å². The minimum absolute atomic E-state index is 0.0754. The lowest BCUT2D eigenvalue weighted by atomic mass is 9.98. The molecule has 2 N–H and O–H groups in total. The lowest BCUT2D eigenvalue weighted by molar-refractivity contribution is -0.116. The van der Waals surface area contributed by atoms with Crippen LogP contribution in [0.4, 0.5) is 16.2 Å². The summed E-state index contributed by atoms with van der Waals surface area (Å²) in [5.41, 5.74) is 5.28. The predicted molar refractivity (Wildman–Crippen MR) is 203 cm³/mol. The highest BCUT2D eigenvalue weighted by Gasteiger charge is 2.62. The number of morpholine rings is 1. The number of carbonyl (C=O) groups excluding carboxylic acids is 2. The van der Waals surface area contributed by atoms with Crippen LogP contribution in [0.25, 0.3) is 11.1 Å². The molecule has 3 heterocycles. The summed E-state index contributed by atoms with van der Waals surface area (Å²) in [6.45, 7) is 11.6. The summed E-state index contributed by atoms with van der Waals surface area (Å²) in [5.74, 6) is 0.603. The number of halogens is 1. The molecule has 2 bridgehead atoms. The summed E-state index contributed by atoms with van der Waals surface area (Å²) in [5, 5.41) is 6.16. The molecule has 0 spiro atoms. The molecular formula is C39H50BrN3O6Si. The first-order valence-corrected chi connectivity index (χ1v) is 21.3. The van der Waals surface area contributed by atoms with Crippen LogP contribution >= 0.6 is 15.9 Å². The number of carbonyl (C=O) groups is 2. The number of anilines is 2. The average Bonchev–Trinajstić information content (AvgIpc) is 3.84. The Bertz CT molecular complexity index is 1700. The maximum absolute atomic E-state index is 13.1. The Morgan fingerprint density at radius 1 is 0.980 bits per heavy atom. The molecule has 9 nitrogen and oxygen atoms in total. The lowest BCUT2D eigenvalue weighted by Gasteiger charge is -2.37. The maximum Gasteiger partial charge on any atom is 0.411 e. The maximum atomic E-state index is 13.1. The standard InChI is InChI=1S/C39H50BrN3O6Si/c1-39(2,3)50(6,7)47-23-26-19-29(40)31(22-34(26)46-5)41-35(44)15-11-12-24-16-17-30(28(18-24)25-13-9-8-10-14-25)42-38(45)48-27-20-32-36-37(49-36)33(21-27)43(32)4/h8-10,13-14,16-19,22,27,32-33,36-37H,11-12,15,20-21,23H2,1-7H3,(H,41,44)(H,42,45)/t27?,32-,33+,36-,37+. The van der Waals surface area contributed by atoms with Gasteiger partial charge in [-0.3, -0.25) is 15.0 Å². The zero-order valence-electron chi connectivity index (χ0n) is 30.2. The van der Waals surface area contributed by atoms with Gasteiger partial charge in [0.1, 0.15) is 24.1 Å². The second-order valence-electron chi connectivity index (χ2n) is 15.3. The van der Waals surface area contributed by atoms with Crippen molar-refractivity contribution in [3.05, 3.63) is 76.3 Å². The molecule has 0 aliphatic carbocycles. The number of hydrogen-bond donors (Lipinski definition) is 2. The number of nitrogens with one attached hydrogen (secondary N) is 2. The zero-order valence-corrected chi connectivity index (χ0v) is 32.8. The summed E-state index contributed by atoms with van der Waals surface area (Å²) in [6, 6.07) is 20.5. The van der Waals surface area contributed by atoms with Gasteiger partial charge in [-0.25, -0.2) is 4.79 Å². The topological polar surface area (TPSA) is 102 Å². The van der Waals surface area contributed by atoms with Crippen molar-refractivity contribution in [3.63, 3.8) is 0 Å². The van der Waals surface area contributed by atoms with Gasteiger partial charge < -0.3 is 24.0 Å². The molecule has 11 heteroatoms. The molecule has 3 saturated heterocycles. The third-order valence-corrected chi connectivity index (χ3v) is 16.1. The average molecular weight is 765 g/mol. The molecule has 0 saturated carbocycles. The van der Waals surface area contributed by atoms with E-state index in [9.17, 15) is 9.59 Å². The number of fused-ring (bicyclic) bond motifs is 5. The summed E-state index contributed by atoms with van der Waals surface area (Å²) < 4.78 is 24.6. The van der Waals surface area contributed by atoms with Crippen LogP contribution in [-0.4, -0.2) is 69.8 Å². The molecular weight excluding hydrogens is 714 g/mol. The molecule has 5 atom stereocenters. The van der Waals surface area contributed by atoms with Gasteiger partial charge in [0, 0.05) is 53.0 Å². The van der Waals surface area contributed by atoms with Crippen LogP contribution in [0.3, 0.4) is 0 Å². The van der Waals surface area contributed by atoms with Crippen LogP contribution in [-0.2, 0) is 31.7 Å². The first-order chi connectivity index (χ1) is 23.7. The summed E-state index contributed by atoms with van der Waals surface area (Å²) >= 11 is 3.64. The number of ether oxygens (including phenoxy) is 3. The highest BCUT2D eigenvalue weighted by atomic mass is 79.9. The minimum atomic E-state index is -1.94. The van der Waals surface area contributed by atoms with Crippen molar-refractivity contribution < 1.29 is 28.2 Å². The van der Waals surface area contributed by atoms with Gasteiger partial charge >= 0.3 is 6.09 Å². The Morgan fingerprint density at radius 3 is 2.34 bits per heavy atom. The van der Waals surface area contributed by atoms with Gasteiger partial charge in [0.2, 0.25) is 5.91 Å². The quantitative estimate of drug-likeness (QED) is 0.141. The molecule has 3 aliphatic rings. The Morgan fingerprint density at radius 2 is 1.68 bits per heavy atom. The molecule has 3 aromatic carbocycles. The second-order valence-corrected chi connectivity index (χ2v) is 21.0. The first-order valence-electron chi connectivity index (χ1n) is 17.6. The molecule has 1 unspecified atom stereocenters. The van der Waals surface area contributed by atoms with E-state index in [-0.39, 0.29) is 17.0 Å². The Balaban J connectivity index is 1.05. The van der Waals surface area contributed by atoms with E-state index >= 15 is 0 Å². The molecule has 3 aromatic rings. The number of hydrogen-bond acceptors (Lipinski definition) is 7. The number of nitrogens with zero attached hydrogens (tertiary/aromatic N) is 1. The molecule has 6 rings (SSSR count). The zero-order chi connectivity index (χ0) is 35.8. The number of likely N-dealkylation sites (N-methyl/N-ethyl adjacent to an activating group) is 1. The molecule has 0 radical (unpaired) electrons. The van der Waals surface area contributed by atoms with Crippen LogP contribution < -0.4 is 15.4 Å². The number of rotatable bonds is 12. The lowest BCUT2D eigenvalue weighted by Crippen LogP contribution is -2.48. The molecule has 268 valence electrons. The van der Waals surface area contributed by atoms with Gasteiger partial charge in [-0.2, -0.15) is 0 Å². The van der Waals surface area contributed by atoms with Gasteiger partial charge in [-0.1, -0.05) is 57.2 Å². The van der Waals surface area contributed by atoms with Crippen molar-refractivity contribution in [3.8, 4) is 16.9 Å². The van der Waals surface area contributed by atoms with E-state index in [0.717, 1.165) is 39.6 Å². The van der Waals surface area contributed by atoms with Gasteiger partial charge in [-0.15, -0.1) is 0 Å². The number of epoxide rings is 1. The van der Waals surface area contributed by atoms with Crippen molar-refractivity contribution in [1.29, 1.82) is 0 Å². The second kappa shape index (κ2) is 14.8. The fourth-order valence-electron chi connectivity index (χ4n) is 6.93. The van der Waals surface area contributed by atoms with Crippen LogP contribution in [0, 0.1) is 0 Å². The van der Waals surface area contributed by atoms with E-state index in [2.05, 4.69) is 78.4 Å². The Labute approximate surface area is 305 Å². The number of benzene rings is 3. The number of aryl methyl sites for hydroxylation is 1. The van der Waals surface area contributed by atoms with Crippen LogP contribution in [0.1, 0.15) is 57.6 Å². The van der Waals surface area contributed by atoms with Crippen LogP contribution in [0.5, 0.6) is 5.75 Å². The highest BCUT2D eigenvalue weighted by Crippen LogP contribution is 2.48. The van der Waals surface area contributed by atoms with E-state index in [1.165, 1.54) is 0 Å². The van der Waals surface area contributed by atoms with Gasteiger partial charge in [0.25, 0.3) is 0 Å². The largest absolute Gasteiger partial charge is 0.496 e. The molecule has 3 aliphatic heterocycles. The number of methoxy groups -OCH3 is 1. The van der Waals surface area contributed by atoms with Crippen molar-refractivity contribution in [2.45, 2.75) is 108 Å². The van der Waals surface area contributed by atoms with E-state index < -0.39 is 14.4 Å². The van der Waals surface area contributed by atoms with Crippen LogP contribution in [0.15, 0.2) is 65.1 Å². The smallest absolute Gasteiger partial charge is 0.411 e. The molecule has 3 fully saturated rings. The third-order valence-electron chi connectivity index (χ3n) is 11.0. The molecule has 50 heavy (non-hydrogen) atoms. The number of amides is 2. The monoisotopic (exact) mass is 763 g/mol. The molecule has 0 aromatic heterocycles. The minimum Gasteiger partial charge on any atom is -0.496 e. The summed E-state index contributed by atoms with van der Waals surface area (Å²) in [7, 11) is 1.84. The SMILES string of the molecule is COc1cc(NC(=O)CCCc2ccc(NC(=O)OC3C[C@@H]4[C@H]5O[C@H]5[C@H](C3)N4C)c(-c3ccccc3)c2)c(Br)cc1CO[Si](C)(C)C(C)(C)C. The molecule has 2 amide bonds. The third kappa shape index (κ3) is 8.12. The van der Waals surface area contributed by atoms with Gasteiger partial charge in [-0.05, 0) is 83.3 Å². The fourth-order valence-corrected chi connectivity index (χ4v) is 8.37. The highest BCUT2D eigenvalue weighted by molar-refractivity contribution is 9.10. The Kier molecular flexibility index (Phi) is 10.8. The van der Waals surface area contributed by atoms with Crippen molar-refractivity contribution in [2.75, 3.05) is 24.8 Å². The van der Waals surface area contributed by atoms with Gasteiger partial charge in [0.05, 0.1) is 25.1 Å². The normalized spacial score (nSPS) is 22.8. The fraction of sp³-hybridized carbons (Fsp3) is 0.487. The predicted octanol–water partition coefficient (Wildman–Crippen LogP) is 8.77. The van der Waals surface area contributed by atoms with Crippen molar-refractivity contribution in [1.82, 2.24) is 4.90 Å². The van der Waals surface area contributed by atoms with E-state index in [0.29, 0.717) is 67.3 Å². The van der Waals surface area contributed by atoms with Gasteiger partial charge in [0.15, 0.2) is 8.32 Å². The number of piperidine rings is 1. The van der Waals surface area contributed by atoms with Crippen molar-refractivity contribution in [2.24, 2.45) is 0 Å².